The molecule has 1 N–H and O–H groups in total. The second kappa shape index (κ2) is 9.40. The SMILES string of the molecule is Clc1ccc(C[N+]2(C3(COc4cccc5ccccc45)CNCCO3)CCCCC2)cc1. The van der Waals surface area contributed by atoms with E-state index >= 15 is 0 Å². The fourth-order valence-corrected chi connectivity index (χ4v) is 5.59. The molecule has 0 radical (unpaired) electrons. The van der Waals surface area contributed by atoms with Crippen LogP contribution in [0.2, 0.25) is 5.02 Å². The summed E-state index contributed by atoms with van der Waals surface area (Å²) in [6, 6.07) is 23.0. The number of rotatable bonds is 6. The van der Waals surface area contributed by atoms with Crippen LogP contribution >= 0.6 is 11.6 Å². The molecular formula is C27H32ClN2O2+. The van der Waals surface area contributed by atoms with E-state index in [0.717, 1.165) is 53.4 Å². The highest BCUT2D eigenvalue weighted by atomic mass is 35.5. The van der Waals surface area contributed by atoms with Crippen LogP contribution in [0.4, 0.5) is 0 Å². The topological polar surface area (TPSA) is 30.5 Å². The molecule has 1 unspecified atom stereocenters. The zero-order chi connectivity index (χ0) is 21.9. The maximum Gasteiger partial charge on any atom is 0.251 e. The lowest BCUT2D eigenvalue weighted by Crippen LogP contribution is -2.74. The molecule has 2 aliphatic heterocycles. The Hall–Kier alpha value is -2.11. The van der Waals surface area contributed by atoms with Gasteiger partial charge in [-0.05, 0) is 42.8 Å². The summed E-state index contributed by atoms with van der Waals surface area (Å²) in [7, 11) is 0. The van der Waals surface area contributed by atoms with Crippen LogP contribution in [0.5, 0.6) is 5.75 Å². The van der Waals surface area contributed by atoms with Gasteiger partial charge in [-0.2, -0.15) is 0 Å². The summed E-state index contributed by atoms with van der Waals surface area (Å²) in [5, 5.41) is 6.75. The van der Waals surface area contributed by atoms with Crippen LogP contribution in [-0.4, -0.2) is 49.6 Å². The quantitative estimate of drug-likeness (QED) is 0.510. The Balaban J connectivity index is 1.48. The summed E-state index contributed by atoms with van der Waals surface area (Å²) in [5.41, 5.74) is 0.880. The molecule has 0 bridgehead atoms. The van der Waals surface area contributed by atoms with Gasteiger partial charge >= 0.3 is 0 Å². The van der Waals surface area contributed by atoms with Crippen molar-refractivity contribution in [3.05, 3.63) is 77.3 Å². The van der Waals surface area contributed by atoms with E-state index in [1.165, 1.54) is 30.2 Å². The normalized spacial score (nSPS) is 23.2. The smallest absolute Gasteiger partial charge is 0.251 e. The van der Waals surface area contributed by atoms with Crippen LogP contribution in [0, 0.1) is 0 Å². The molecule has 0 aliphatic carbocycles. The van der Waals surface area contributed by atoms with E-state index in [1.54, 1.807) is 0 Å². The van der Waals surface area contributed by atoms with Gasteiger partial charge in [-0.3, -0.25) is 4.48 Å². The molecule has 3 aromatic rings. The lowest BCUT2D eigenvalue weighted by atomic mass is 9.97. The van der Waals surface area contributed by atoms with E-state index < -0.39 is 5.72 Å². The molecule has 3 aromatic carbocycles. The number of nitrogens with one attached hydrogen (secondary N) is 1. The molecule has 168 valence electrons. The Morgan fingerprint density at radius 1 is 0.938 bits per heavy atom. The fourth-order valence-electron chi connectivity index (χ4n) is 5.46. The van der Waals surface area contributed by atoms with Gasteiger partial charge in [0.05, 0.1) is 26.2 Å². The summed E-state index contributed by atoms with van der Waals surface area (Å²) < 4.78 is 14.2. The number of fused-ring (bicyclic) bond motifs is 1. The van der Waals surface area contributed by atoms with Gasteiger partial charge in [0.25, 0.3) is 5.72 Å². The number of hydrogen-bond acceptors (Lipinski definition) is 3. The molecule has 4 nitrogen and oxygen atoms in total. The number of quaternary nitrogens is 1. The number of nitrogens with zero attached hydrogens (tertiary/aromatic N) is 1. The predicted octanol–water partition coefficient (Wildman–Crippen LogP) is 5.39. The number of piperidine rings is 1. The molecule has 0 aromatic heterocycles. The van der Waals surface area contributed by atoms with Gasteiger partial charge in [0, 0.05) is 22.5 Å². The van der Waals surface area contributed by atoms with Gasteiger partial charge in [-0.25, -0.2) is 0 Å². The van der Waals surface area contributed by atoms with E-state index in [-0.39, 0.29) is 0 Å². The van der Waals surface area contributed by atoms with Crippen molar-refractivity contribution in [2.45, 2.75) is 31.5 Å². The molecule has 5 rings (SSSR count). The summed E-state index contributed by atoms with van der Waals surface area (Å²) in [6.45, 7) is 6.05. The maximum atomic E-state index is 6.70. The fraction of sp³-hybridized carbons (Fsp3) is 0.407. The van der Waals surface area contributed by atoms with Gasteiger partial charge in [-0.15, -0.1) is 0 Å². The second-order valence-electron chi connectivity index (χ2n) is 9.18. The minimum atomic E-state index is -0.421. The van der Waals surface area contributed by atoms with Crippen LogP contribution in [0.1, 0.15) is 24.8 Å². The average Bonchev–Trinajstić information content (AvgIpc) is 2.85. The largest absolute Gasteiger partial charge is 0.483 e. The summed E-state index contributed by atoms with van der Waals surface area (Å²) in [4.78, 5) is 0. The van der Waals surface area contributed by atoms with E-state index in [9.17, 15) is 0 Å². The minimum absolute atomic E-state index is 0.421. The van der Waals surface area contributed by atoms with E-state index in [4.69, 9.17) is 21.1 Å². The number of ether oxygens (including phenoxy) is 2. The maximum absolute atomic E-state index is 6.70. The van der Waals surface area contributed by atoms with Crippen molar-refractivity contribution in [1.29, 1.82) is 0 Å². The Kier molecular flexibility index (Phi) is 6.38. The van der Waals surface area contributed by atoms with Crippen LogP contribution < -0.4 is 10.1 Å². The van der Waals surface area contributed by atoms with E-state index in [0.29, 0.717) is 13.2 Å². The lowest BCUT2D eigenvalue weighted by molar-refractivity contribution is -1.01. The van der Waals surface area contributed by atoms with E-state index in [1.807, 2.05) is 12.1 Å². The van der Waals surface area contributed by atoms with Crippen molar-refractivity contribution >= 4 is 22.4 Å². The molecule has 2 saturated heterocycles. The molecule has 2 aliphatic rings. The first-order valence-electron chi connectivity index (χ1n) is 11.8. The Labute approximate surface area is 195 Å². The first-order valence-corrected chi connectivity index (χ1v) is 12.1. The second-order valence-corrected chi connectivity index (χ2v) is 9.61. The van der Waals surface area contributed by atoms with Crippen LogP contribution in [0.25, 0.3) is 10.8 Å². The van der Waals surface area contributed by atoms with Crippen molar-refractivity contribution in [1.82, 2.24) is 5.32 Å². The molecule has 0 saturated carbocycles. The van der Waals surface area contributed by atoms with Gasteiger partial charge in [-0.1, -0.05) is 60.1 Å². The monoisotopic (exact) mass is 451 g/mol. The van der Waals surface area contributed by atoms with Crippen molar-refractivity contribution in [3.63, 3.8) is 0 Å². The molecule has 1 atom stereocenters. The Morgan fingerprint density at radius 3 is 2.50 bits per heavy atom. The zero-order valence-corrected chi connectivity index (χ0v) is 19.3. The van der Waals surface area contributed by atoms with Gasteiger partial charge in [0.15, 0.2) is 6.61 Å². The van der Waals surface area contributed by atoms with Crippen molar-refractivity contribution in [2.75, 3.05) is 39.4 Å². The number of likely N-dealkylation sites (tertiary alicyclic amines) is 1. The van der Waals surface area contributed by atoms with Crippen molar-refractivity contribution < 1.29 is 14.0 Å². The molecule has 0 amide bonds. The molecule has 0 spiro atoms. The van der Waals surface area contributed by atoms with Crippen LogP contribution in [0.15, 0.2) is 66.7 Å². The van der Waals surface area contributed by atoms with Crippen LogP contribution in [-0.2, 0) is 11.3 Å². The van der Waals surface area contributed by atoms with Gasteiger partial charge < -0.3 is 14.8 Å². The van der Waals surface area contributed by atoms with Crippen molar-refractivity contribution in [3.8, 4) is 5.75 Å². The van der Waals surface area contributed by atoms with Crippen molar-refractivity contribution in [2.24, 2.45) is 0 Å². The average molecular weight is 452 g/mol. The number of halogens is 1. The summed E-state index contributed by atoms with van der Waals surface area (Å²) >= 11 is 6.17. The molecule has 5 heteroatoms. The first kappa shape index (κ1) is 21.7. The third-order valence-electron chi connectivity index (χ3n) is 7.19. The highest BCUT2D eigenvalue weighted by molar-refractivity contribution is 6.30. The highest BCUT2D eigenvalue weighted by Crippen LogP contribution is 2.37. The zero-order valence-electron chi connectivity index (χ0n) is 18.6. The lowest BCUT2D eigenvalue weighted by Gasteiger charge is -2.55. The first-order chi connectivity index (χ1) is 15.7. The Bertz CT molecular complexity index is 1040. The number of morpholine rings is 1. The van der Waals surface area contributed by atoms with Crippen LogP contribution in [0.3, 0.4) is 0 Å². The highest BCUT2D eigenvalue weighted by Gasteiger charge is 2.54. The third-order valence-corrected chi connectivity index (χ3v) is 7.44. The summed E-state index contributed by atoms with van der Waals surface area (Å²) in [5.74, 6) is 0.929. The molecule has 2 heterocycles. The summed E-state index contributed by atoms with van der Waals surface area (Å²) in [6.07, 6.45) is 3.72. The van der Waals surface area contributed by atoms with E-state index in [2.05, 4.69) is 59.9 Å². The molecule has 32 heavy (non-hydrogen) atoms. The predicted molar refractivity (Wildman–Crippen MR) is 130 cm³/mol. The van der Waals surface area contributed by atoms with Gasteiger partial charge in [0.1, 0.15) is 12.3 Å². The number of hydrogen-bond donors (Lipinski definition) is 1. The minimum Gasteiger partial charge on any atom is -0.483 e. The standard InChI is InChI=1S/C27H32ClN2O2/c28-24-13-11-22(12-14-24)19-30(16-4-1-5-17-30)27(20-29-15-18-32-27)21-31-26-10-6-8-23-7-2-3-9-25(23)26/h2-3,6-14,29H,1,4-5,15-21H2/q+1. The molecule has 2 fully saturated rings. The Morgan fingerprint density at radius 2 is 1.72 bits per heavy atom. The number of benzene rings is 3. The molecular weight excluding hydrogens is 420 g/mol. The van der Waals surface area contributed by atoms with Gasteiger partial charge in [0.2, 0.25) is 0 Å². The third kappa shape index (κ3) is 4.25.